The Morgan fingerprint density at radius 1 is 1.47 bits per heavy atom. The number of morpholine rings is 1. The fourth-order valence-corrected chi connectivity index (χ4v) is 2.33. The lowest BCUT2D eigenvalue weighted by Gasteiger charge is -2.57. The van der Waals surface area contributed by atoms with Crippen molar-refractivity contribution in [2.75, 3.05) is 13.2 Å². The van der Waals surface area contributed by atoms with Gasteiger partial charge in [-0.3, -0.25) is 4.90 Å². The largest absolute Gasteiger partial charge is 0.479 e. The highest BCUT2D eigenvalue weighted by Gasteiger charge is 2.63. The Morgan fingerprint density at radius 3 is 2.59 bits per heavy atom. The number of carbonyl (C=O) groups excluding carboxylic acids is 1. The lowest BCUT2D eigenvalue weighted by Crippen LogP contribution is -2.77. The molecule has 3 heterocycles. The van der Waals surface area contributed by atoms with Gasteiger partial charge in [0.15, 0.2) is 5.54 Å². The van der Waals surface area contributed by atoms with Gasteiger partial charge in [0.05, 0.1) is 19.3 Å². The Balaban J connectivity index is 2.15. The van der Waals surface area contributed by atoms with E-state index in [2.05, 4.69) is 0 Å². The van der Waals surface area contributed by atoms with Crippen LogP contribution in [-0.2, 0) is 14.3 Å². The van der Waals surface area contributed by atoms with Crippen LogP contribution >= 0.6 is 0 Å². The Labute approximate surface area is 99.5 Å². The fourth-order valence-electron chi connectivity index (χ4n) is 2.33. The van der Waals surface area contributed by atoms with Crippen molar-refractivity contribution < 1.29 is 24.2 Å². The van der Waals surface area contributed by atoms with Crippen molar-refractivity contribution in [1.82, 2.24) is 4.90 Å². The van der Waals surface area contributed by atoms with E-state index >= 15 is 0 Å². The van der Waals surface area contributed by atoms with E-state index in [0.29, 0.717) is 13.0 Å². The molecule has 6 nitrogen and oxygen atoms in total. The lowest BCUT2D eigenvalue weighted by molar-refractivity contribution is -0.203. The molecule has 6 heteroatoms. The van der Waals surface area contributed by atoms with Gasteiger partial charge in [-0.25, -0.2) is 9.59 Å². The van der Waals surface area contributed by atoms with Crippen molar-refractivity contribution in [1.29, 1.82) is 0 Å². The van der Waals surface area contributed by atoms with Gasteiger partial charge >= 0.3 is 12.1 Å². The minimum absolute atomic E-state index is 0.0398. The van der Waals surface area contributed by atoms with Gasteiger partial charge in [0.25, 0.3) is 0 Å². The third-order valence-electron chi connectivity index (χ3n) is 3.04. The normalized spacial score (nSPS) is 31.7. The summed E-state index contributed by atoms with van der Waals surface area (Å²) < 4.78 is 10.4. The molecule has 0 aromatic carbocycles. The molecule has 3 rings (SSSR count). The number of hydrogen-bond donors (Lipinski definition) is 1. The van der Waals surface area contributed by atoms with Gasteiger partial charge in [0.2, 0.25) is 0 Å². The maximum absolute atomic E-state index is 11.9. The highest BCUT2D eigenvalue weighted by atomic mass is 16.6. The van der Waals surface area contributed by atoms with Gasteiger partial charge in [-0.1, -0.05) is 0 Å². The van der Waals surface area contributed by atoms with Crippen LogP contribution in [0.15, 0.2) is 0 Å². The van der Waals surface area contributed by atoms with Crippen molar-refractivity contribution in [3.8, 4) is 0 Å². The molecule has 3 fully saturated rings. The predicted octanol–water partition coefficient (Wildman–Crippen LogP) is 0.849. The first-order valence-electron chi connectivity index (χ1n) is 5.60. The summed E-state index contributed by atoms with van der Waals surface area (Å²) in [7, 11) is 0. The van der Waals surface area contributed by atoms with Crippen LogP contribution in [0.4, 0.5) is 4.79 Å². The first kappa shape index (κ1) is 12.2. The van der Waals surface area contributed by atoms with Crippen LogP contribution in [0.3, 0.4) is 0 Å². The zero-order chi connectivity index (χ0) is 12.8. The van der Waals surface area contributed by atoms with Crippen molar-refractivity contribution in [2.45, 2.75) is 44.4 Å². The van der Waals surface area contributed by atoms with E-state index in [1.807, 2.05) is 0 Å². The van der Waals surface area contributed by atoms with Gasteiger partial charge in [-0.2, -0.15) is 0 Å². The first-order valence-corrected chi connectivity index (χ1v) is 5.60. The van der Waals surface area contributed by atoms with Crippen LogP contribution in [0.1, 0.15) is 27.2 Å². The smallest absolute Gasteiger partial charge is 0.411 e. The Bertz CT molecular complexity index is 357. The average molecular weight is 243 g/mol. The van der Waals surface area contributed by atoms with Crippen LogP contribution in [0, 0.1) is 0 Å². The summed E-state index contributed by atoms with van der Waals surface area (Å²) in [5.41, 5.74) is -1.84. The van der Waals surface area contributed by atoms with Gasteiger partial charge in [0.1, 0.15) is 5.60 Å². The molecular formula is C11H17NO5. The third kappa shape index (κ3) is 1.86. The minimum Gasteiger partial charge on any atom is -0.479 e. The number of rotatable bonds is 1. The molecule has 2 atom stereocenters. The fraction of sp³-hybridized carbons (Fsp3) is 0.818. The van der Waals surface area contributed by atoms with E-state index in [1.54, 1.807) is 20.8 Å². The number of nitrogens with zero attached hydrogens (tertiary/aromatic N) is 1. The highest BCUT2D eigenvalue weighted by molar-refractivity contribution is 5.87. The van der Waals surface area contributed by atoms with E-state index in [9.17, 15) is 14.7 Å². The zero-order valence-electron chi connectivity index (χ0n) is 10.2. The van der Waals surface area contributed by atoms with Gasteiger partial charge in [-0.05, 0) is 20.8 Å². The molecule has 3 saturated heterocycles. The monoisotopic (exact) mass is 243 g/mol. The average Bonchev–Trinajstić information content (AvgIpc) is 2.14. The van der Waals surface area contributed by atoms with Crippen molar-refractivity contribution >= 4 is 12.1 Å². The molecule has 17 heavy (non-hydrogen) atoms. The minimum atomic E-state index is -1.22. The molecule has 1 amide bonds. The zero-order valence-corrected chi connectivity index (χ0v) is 10.2. The quantitative estimate of drug-likeness (QED) is 0.738. The summed E-state index contributed by atoms with van der Waals surface area (Å²) >= 11 is 0. The maximum atomic E-state index is 11.9. The summed E-state index contributed by atoms with van der Waals surface area (Å²) in [5, 5.41) is 9.22. The van der Waals surface area contributed by atoms with Crippen LogP contribution in [0.2, 0.25) is 0 Å². The molecule has 0 aromatic rings. The Hall–Kier alpha value is -1.30. The molecule has 1 N–H and O–H groups in total. The molecule has 0 radical (unpaired) electrons. The Morgan fingerprint density at radius 2 is 2.12 bits per heavy atom. The highest BCUT2D eigenvalue weighted by Crippen LogP contribution is 2.42. The molecule has 0 saturated carbocycles. The second-order valence-corrected chi connectivity index (χ2v) is 5.56. The summed E-state index contributed by atoms with van der Waals surface area (Å²) in [4.78, 5) is 24.5. The van der Waals surface area contributed by atoms with E-state index < -0.39 is 23.2 Å². The molecule has 0 spiro atoms. The molecular weight excluding hydrogens is 226 g/mol. The summed E-state index contributed by atoms with van der Waals surface area (Å²) in [6.07, 6.45) is -0.124. The van der Waals surface area contributed by atoms with Crippen LogP contribution in [0.5, 0.6) is 0 Å². The third-order valence-corrected chi connectivity index (χ3v) is 3.04. The van der Waals surface area contributed by atoms with Gasteiger partial charge < -0.3 is 14.6 Å². The molecule has 0 aliphatic carbocycles. The standard InChI is InChI=1S/C11H17NO5/c1-10(2,3)17-9(15)12-7-4-11(12,8(13)14)6-16-5-7/h7H,4-6H2,1-3H3,(H,13,14). The van der Waals surface area contributed by atoms with Crippen LogP contribution < -0.4 is 0 Å². The number of fused-ring (bicyclic) bond motifs is 2. The molecule has 3 aliphatic rings. The number of aliphatic carboxylic acids is 1. The van der Waals surface area contributed by atoms with Crippen LogP contribution in [0.25, 0.3) is 0 Å². The van der Waals surface area contributed by atoms with Crippen LogP contribution in [-0.4, -0.2) is 52.5 Å². The van der Waals surface area contributed by atoms with E-state index in [4.69, 9.17) is 9.47 Å². The molecule has 2 bridgehead atoms. The summed E-state index contributed by atoms with van der Waals surface area (Å²) in [6, 6.07) is -0.172. The maximum Gasteiger partial charge on any atom is 0.411 e. The van der Waals surface area contributed by atoms with Gasteiger partial charge in [-0.15, -0.1) is 0 Å². The lowest BCUT2D eigenvalue weighted by atomic mass is 9.77. The van der Waals surface area contributed by atoms with Gasteiger partial charge in [0, 0.05) is 6.42 Å². The number of carboxylic acids is 1. The number of carboxylic acid groups (broad SMARTS) is 1. The molecule has 96 valence electrons. The summed E-state index contributed by atoms with van der Waals surface area (Å²) in [5.74, 6) is -1.03. The number of amides is 1. The molecule has 3 aliphatic heterocycles. The molecule has 0 aromatic heterocycles. The second-order valence-electron chi connectivity index (χ2n) is 5.56. The second kappa shape index (κ2) is 3.60. The van der Waals surface area contributed by atoms with Crippen molar-refractivity contribution in [3.05, 3.63) is 0 Å². The number of ether oxygens (including phenoxy) is 2. The van der Waals surface area contributed by atoms with E-state index in [-0.39, 0.29) is 12.6 Å². The van der Waals surface area contributed by atoms with E-state index in [0.717, 1.165) is 0 Å². The molecule has 2 unspecified atom stereocenters. The SMILES string of the molecule is CC(C)(C)OC(=O)N1C2COCC1(C(=O)O)C2. The number of carbonyl (C=O) groups is 2. The summed E-state index contributed by atoms with van der Waals surface area (Å²) in [6.45, 7) is 5.69. The number of hydrogen-bond acceptors (Lipinski definition) is 4. The van der Waals surface area contributed by atoms with Crippen molar-refractivity contribution in [3.63, 3.8) is 0 Å². The Kier molecular flexibility index (Phi) is 2.57. The predicted molar refractivity (Wildman–Crippen MR) is 57.7 cm³/mol. The van der Waals surface area contributed by atoms with E-state index in [1.165, 1.54) is 4.90 Å². The van der Waals surface area contributed by atoms with Crippen molar-refractivity contribution in [2.24, 2.45) is 0 Å². The topological polar surface area (TPSA) is 76.1 Å². The first-order chi connectivity index (χ1) is 7.76.